The number of benzene rings is 2. The summed E-state index contributed by atoms with van der Waals surface area (Å²) in [5.41, 5.74) is 2.17. The van der Waals surface area contributed by atoms with Gasteiger partial charge in [0, 0.05) is 23.5 Å². The van der Waals surface area contributed by atoms with Crippen molar-refractivity contribution in [1.82, 2.24) is 9.97 Å². The van der Waals surface area contributed by atoms with E-state index in [1.54, 1.807) is 0 Å². The van der Waals surface area contributed by atoms with Crippen LogP contribution in [0.2, 0.25) is 0 Å². The zero-order valence-electron chi connectivity index (χ0n) is 13.3. The third-order valence-electron chi connectivity index (χ3n) is 3.40. The zero-order chi connectivity index (χ0) is 17.8. The van der Waals surface area contributed by atoms with Gasteiger partial charge in [-0.2, -0.15) is 0 Å². The first kappa shape index (κ1) is 16.5. The SMILES string of the molecule is Cc1ccc(Nc2cc(C(=O)Nc3ccc(F)c(F)c3)ncn2)cc1. The molecule has 0 fully saturated rings. The van der Waals surface area contributed by atoms with E-state index in [2.05, 4.69) is 20.6 Å². The predicted molar refractivity (Wildman–Crippen MR) is 90.8 cm³/mol. The molecule has 0 bridgehead atoms. The second-order valence-corrected chi connectivity index (χ2v) is 5.36. The summed E-state index contributed by atoms with van der Waals surface area (Å²) >= 11 is 0. The summed E-state index contributed by atoms with van der Waals surface area (Å²) in [5, 5.41) is 5.53. The van der Waals surface area contributed by atoms with Crippen LogP contribution in [0.15, 0.2) is 54.9 Å². The molecule has 2 N–H and O–H groups in total. The first-order chi connectivity index (χ1) is 12.0. The first-order valence-corrected chi connectivity index (χ1v) is 7.43. The van der Waals surface area contributed by atoms with E-state index in [0.717, 1.165) is 23.4 Å². The number of aromatic nitrogens is 2. The van der Waals surface area contributed by atoms with Crippen molar-refractivity contribution in [2.75, 3.05) is 10.6 Å². The molecule has 0 unspecified atom stereocenters. The van der Waals surface area contributed by atoms with E-state index < -0.39 is 17.5 Å². The molecule has 0 radical (unpaired) electrons. The number of amides is 1. The van der Waals surface area contributed by atoms with Crippen molar-refractivity contribution in [3.05, 3.63) is 77.8 Å². The number of carbonyl (C=O) groups excluding carboxylic acids is 1. The number of halogens is 2. The van der Waals surface area contributed by atoms with Crippen molar-refractivity contribution < 1.29 is 13.6 Å². The Balaban J connectivity index is 1.74. The molecule has 25 heavy (non-hydrogen) atoms. The average Bonchev–Trinajstić information content (AvgIpc) is 2.60. The molecule has 1 aromatic heterocycles. The van der Waals surface area contributed by atoms with E-state index in [1.165, 1.54) is 18.5 Å². The van der Waals surface area contributed by atoms with Crippen LogP contribution < -0.4 is 10.6 Å². The molecule has 2 aromatic carbocycles. The second-order valence-electron chi connectivity index (χ2n) is 5.36. The Labute approximate surface area is 142 Å². The van der Waals surface area contributed by atoms with Gasteiger partial charge >= 0.3 is 0 Å². The Morgan fingerprint density at radius 3 is 2.36 bits per heavy atom. The number of rotatable bonds is 4. The summed E-state index contributed by atoms with van der Waals surface area (Å²) in [6, 6.07) is 12.2. The summed E-state index contributed by atoms with van der Waals surface area (Å²) in [4.78, 5) is 20.2. The molecule has 0 spiro atoms. The summed E-state index contributed by atoms with van der Waals surface area (Å²) in [6.07, 6.45) is 1.25. The second kappa shape index (κ2) is 7.04. The Morgan fingerprint density at radius 2 is 1.64 bits per heavy atom. The molecule has 0 atom stereocenters. The van der Waals surface area contributed by atoms with Crippen molar-refractivity contribution in [3.63, 3.8) is 0 Å². The molecule has 126 valence electrons. The zero-order valence-corrected chi connectivity index (χ0v) is 13.3. The number of aryl methyl sites for hydroxylation is 1. The number of nitrogens with one attached hydrogen (secondary N) is 2. The minimum Gasteiger partial charge on any atom is -0.340 e. The number of carbonyl (C=O) groups is 1. The van der Waals surface area contributed by atoms with Gasteiger partial charge in [-0.3, -0.25) is 4.79 Å². The molecular weight excluding hydrogens is 326 g/mol. The van der Waals surface area contributed by atoms with Gasteiger partial charge in [-0.1, -0.05) is 17.7 Å². The van der Waals surface area contributed by atoms with Crippen LogP contribution in [0.5, 0.6) is 0 Å². The van der Waals surface area contributed by atoms with E-state index in [9.17, 15) is 13.6 Å². The summed E-state index contributed by atoms with van der Waals surface area (Å²) in [5.74, 6) is -2.14. The lowest BCUT2D eigenvalue weighted by molar-refractivity contribution is 0.102. The molecule has 5 nitrogen and oxygen atoms in total. The Hall–Kier alpha value is -3.35. The monoisotopic (exact) mass is 340 g/mol. The molecule has 1 heterocycles. The highest BCUT2D eigenvalue weighted by Crippen LogP contribution is 2.17. The number of nitrogens with zero attached hydrogens (tertiary/aromatic N) is 2. The third kappa shape index (κ3) is 4.14. The van der Waals surface area contributed by atoms with Crippen LogP contribution in [0, 0.1) is 18.6 Å². The number of hydrogen-bond acceptors (Lipinski definition) is 4. The van der Waals surface area contributed by atoms with E-state index in [-0.39, 0.29) is 11.4 Å². The minimum absolute atomic E-state index is 0.0920. The molecule has 1 amide bonds. The maximum Gasteiger partial charge on any atom is 0.274 e. The van der Waals surface area contributed by atoms with E-state index >= 15 is 0 Å². The molecule has 3 rings (SSSR count). The molecule has 0 saturated carbocycles. The van der Waals surface area contributed by atoms with Gasteiger partial charge in [0.2, 0.25) is 0 Å². The molecule has 0 saturated heterocycles. The van der Waals surface area contributed by atoms with Crippen molar-refractivity contribution in [1.29, 1.82) is 0 Å². The van der Waals surface area contributed by atoms with Crippen LogP contribution in [-0.4, -0.2) is 15.9 Å². The van der Waals surface area contributed by atoms with Crippen LogP contribution in [0.1, 0.15) is 16.1 Å². The fourth-order valence-electron chi connectivity index (χ4n) is 2.10. The molecular formula is C18H14F2N4O. The summed E-state index contributed by atoms with van der Waals surface area (Å²) in [7, 11) is 0. The topological polar surface area (TPSA) is 66.9 Å². The van der Waals surface area contributed by atoms with E-state index in [0.29, 0.717) is 5.82 Å². The van der Waals surface area contributed by atoms with Crippen molar-refractivity contribution in [3.8, 4) is 0 Å². The standard InChI is InChI=1S/C18H14F2N4O/c1-11-2-4-12(5-3-11)23-17-9-16(21-10-22-17)18(25)24-13-6-7-14(19)15(20)8-13/h2-10H,1H3,(H,24,25)(H,21,22,23). The van der Waals surface area contributed by atoms with Gasteiger partial charge in [0.15, 0.2) is 11.6 Å². The van der Waals surface area contributed by atoms with Gasteiger partial charge in [0.25, 0.3) is 5.91 Å². The van der Waals surface area contributed by atoms with E-state index in [1.807, 2.05) is 31.2 Å². The normalized spacial score (nSPS) is 10.4. The van der Waals surface area contributed by atoms with Crippen molar-refractivity contribution >= 4 is 23.1 Å². The lowest BCUT2D eigenvalue weighted by atomic mass is 10.2. The van der Waals surface area contributed by atoms with Gasteiger partial charge in [-0.15, -0.1) is 0 Å². The van der Waals surface area contributed by atoms with Crippen molar-refractivity contribution in [2.45, 2.75) is 6.92 Å². The van der Waals surface area contributed by atoms with Crippen LogP contribution in [-0.2, 0) is 0 Å². The predicted octanol–water partition coefficient (Wildman–Crippen LogP) is 4.06. The van der Waals surface area contributed by atoms with Gasteiger partial charge in [0.1, 0.15) is 17.8 Å². The largest absolute Gasteiger partial charge is 0.340 e. The quantitative estimate of drug-likeness (QED) is 0.752. The average molecular weight is 340 g/mol. The highest BCUT2D eigenvalue weighted by molar-refractivity contribution is 6.03. The number of anilines is 3. The summed E-state index contributed by atoms with van der Waals surface area (Å²) in [6.45, 7) is 1.98. The Kier molecular flexibility index (Phi) is 4.65. The maximum absolute atomic E-state index is 13.2. The first-order valence-electron chi connectivity index (χ1n) is 7.43. The minimum atomic E-state index is -1.04. The highest BCUT2D eigenvalue weighted by atomic mass is 19.2. The van der Waals surface area contributed by atoms with Gasteiger partial charge in [-0.25, -0.2) is 18.7 Å². The van der Waals surface area contributed by atoms with Gasteiger partial charge in [0.05, 0.1) is 0 Å². The smallest absolute Gasteiger partial charge is 0.274 e. The molecule has 0 aliphatic heterocycles. The van der Waals surface area contributed by atoms with Crippen LogP contribution >= 0.6 is 0 Å². The molecule has 7 heteroatoms. The Morgan fingerprint density at radius 1 is 0.920 bits per heavy atom. The molecule has 0 aliphatic carbocycles. The van der Waals surface area contributed by atoms with Crippen LogP contribution in [0.25, 0.3) is 0 Å². The fraction of sp³-hybridized carbons (Fsp3) is 0.0556. The maximum atomic E-state index is 13.2. The third-order valence-corrected chi connectivity index (χ3v) is 3.40. The van der Waals surface area contributed by atoms with Crippen LogP contribution in [0.4, 0.5) is 26.0 Å². The van der Waals surface area contributed by atoms with Gasteiger partial charge in [-0.05, 0) is 31.2 Å². The van der Waals surface area contributed by atoms with Gasteiger partial charge < -0.3 is 10.6 Å². The Bertz CT molecular complexity index is 913. The highest BCUT2D eigenvalue weighted by Gasteiger charge is 2.11. The molecule has 3 aromatic rings. The van der Waals surface area contributed by atoms with E-state index in [4.69, 9.17) is 0 Å². The van der Waals surface area contributed by atoms with Crippen molar-refractivity contribution in [2.24, 2.45) is 0 Å². The summed E-state index contributed by atoms with van der Waals surface area (Å²) < 4.78 is 26.1. The fourth-order valence-corrected chi connectivity index (χ4v) is 2.10. The lowest BCUT2D eigenvalue weighted by Gasteiger charge is -2.08. The van der Waals surface area contributed by atoms with Crippen LogP contribution in [0.3, 0.4) is 0 Å². The molecule has 0 aliphatic rings. The lowest BCUT2D eigenvalue weighted by Crippen LogP contribution is -2.14. The number of hydrogen-bond donors (Lipinski definition) is 2.